The molecule has 0 aliphatic rings. The molecule has 0 aromatic heterocycles. The topological polar surface area (TPSA) is 32.3 Å². The van der Waals surface area contributed by atoms with Gasteiger partial charge in [-0.1, -0.05) is 36.4 Å². The van der Waals surface area contributed by atoms with Crippen LogP contribution in [0, 0.1) is 0 Å². The van der Waals surface area contributed by atoms with Crippen LogP contribution in [0.4, 0.5) is 0 Å². The molecule has 0 unspecified atom stereocenters. The molecule has 88 valence electrons. The normalized spacial score (nSPS) is 12.1. The lowest BCUT2D eigenvalue weighted by molar-refractivity contribution is 0.411. The van der Waals surface area contributed by atoms with Crippen molar-refractivity contribution < 1.29 is 9.29 Å². The highest BCUT2D eigenvalue weighted by atomic mass is 32.2. The van der Waals surface area contributed by atoms with E-state index in [1.54, 1.807) is 7.11 Å². The minimum absolute atomic E-state index is 0.480. The van der Waals surface area contributed by atoms with E-state index in [0.717, 1.165) is 16.2 Å². The summed E-state index contributed by atoms with van der Waals surface area (Å²) in [5.41, 5.74) is 0.970. The highest BCUT2D eigenvalue weighted by Gasteiger charge is 2.13. The first-order valence-electron chi connectivity index (χ1n) is 5.36. The fourth-order valence-corrected chi connectivity index (χ4v) is 2.77. The maximum atomic E-state index is 12.1. The van der Waals surface area contributed by atoms with Crippen LogP contribution in [0.25, 0.3) is 0 Å². The third-order valence-corrected chi connectivity index (χ3v) is 3.86. The largest absolute Gasteiger partial charge is 0.611 e. The van der Waals surface area contributed by atoms with E-state index in [-0.39, 0.29) is 0 Å². The fraction of sp³-hybridized carbons (Fsp3) is 0.143. The monoisotopic (exact) mass is 246 g/mol. The van der Waals surface area contributed by atoms with E-state index in [9.17, 15) is 4.55 Å². The second-order valence-electron chi connectivity index (χ2n) is 3.61. The number of methoxy groups -OCH3 is 1. The van der Waals surface area contributed by atoms with E-state index >= 15 is 0 Å². The van der Waals surface area contributed by atoms with Crippen molar-refractivity contribution in [3.63, 3.8) is 0 Å². The van der Waals surface area contributed by atoms with Crippen LogP contribution in [0.5, 0.6) is 5.75 Å². The van der Waals surface area contributed by atoms with Crippen LogP contribution >= 0.6 is 0 Å². The number of rotatable bonds is 4. The van der Waals surface area contributed by atoms with E-state index in [2.05, 4.69) is 0 Å². The van der Waals surface area contributed by atoms with Crippen LogP contribution in [-0.4, -0.2) is 11.7 Å². The third kappa shape index (κ3) is 3.02. The number of hydrogen-bond acceptors (Lipinski definition) is 2. The van der Waals surface area contributed by atoms with Crippen LogP contribution in [0.1, 0.15) is 5.56 Å². The van der Waals surface area contributed by atoms with Crippen LogP contribution in [-0.2, 0) is 16.9 Å². The number of hydrogen-bond donors (Lipinski definition) is 0. The Balaban J connectivity index is 2.16. The lowest BCUT2D eigenvalue weighted by Crippen LogP contribution is -2.06. The SMILES string of the molecule is COc1ccccc1C[S@@+]([O-])c1ccccc1. The van der Waals surface area contributed by atoms with Crippen molar-refractivity contribution in [3.8, 4) is 5.75 Å². The molecule has 0 amide bonds. The molecule has 0 bridgehead atoms. The molecular weight excluding hydrogens is 232 g/mol. The highest BCUT2D eigenvalue weighted by Crippen LogP contribution is 2.23. The van der Waals surface area contributed by atoms with Gasteiger partial charge in [0.1, 0.15) is 11.5 Å². The Morgan fingerprint density at radius 3 is 2.35 bits per heavy atom. The Morgan fingerprint density at radius 1 is 1.00 bits per heavy atom. The molecule has 0 spiro atoms. The van der Waals surface area contributed by atoms with Gasteiger partial charge in [0.2, 0.25) is 0 Å². The Kier molecular flexibility index (Phi) is 4.07. The van der Waals surface area contributed by atoms with Crippen molar-refractivity contribution in [2.75, 3.05) is 7.11 Å². The molecule has 2 rings (SSSR count). The summed E-state index contributed by atoms with van der Waals surface area (Å²) in [5, 5.41) is 0. The van der Waals surface area contributed by atoms with Crippen molar-refractivity contribution in [2.45, 2.75) is 10.6 Å². The summed E-state index contributed by atoms with van der Waals surface area (Å²) >= 11 is -1.03. The van der Waals surface area contributed by atoms with Crippen LogP contribution < -0.4 is 4.74 Å². The summed E-state index contributed by atoms with van der Waals surface area (Å²) in [6.45, 7) is 0. The average molecular weight is 246 g/mol. The molecule has 1 atom stereocenters. The van der Waals surface area contributed by atoms with Gasteiger partial charge in [0.05, 0.1) is 7.11 Å². The molecule has 17 heavy (non-hydrogen) atoms. The van der Waals surface area contributed by atoms with Gasteiger partial charge in [0.25, 0.3) is 0 Å². The fourth-order valence-electron chi connectivity index (χ4n) is 1.62. The standard InChI is InChI=1S/C14H14O2S/c1-16-14-10-6-5-7-12(14)11-17(15)13-8-3-2-4-9-13/h2-10H,11H2,1H3/t17-/m1/s1. The molecule has 2 aromatic rings. The van der Waals surface area contributed by atoms with Crippen molar-refractivity contribution >= 4 is 11.2 Å². The molecule has 0 saturated carbocycles. The van der Waals surface area contributed by atoms with Gasteiger partial charge in [0, 0.05) is 5.56 Å². The molecule has 0 radical (unpaired) electrons. The number of ether oxygens (including phenoxy) is 1. The molecule has 0 aliphatic heterocycles. The van der Waals surface area contributed by atoms with E-state index in [0.29, 0.717) is 5.75 Å². The van der Waals surface area contributed by atoms with E-state index < -0.39 is 11.2 Å². The minimum Gasteiger partial charge on any atom is -0.611 e. The lowest BCUT2D eigenvalue weighted by atomic mass is 10.2. The van der Waals surface area contributed by atoms with Gasteiger partial charge in [-0.15, -0.1) is 0 Å². The van der Waals surface area contributed by atoms with Crippen LogP contribution in [0.3, 0.4) is 0 Å². The molecule has 2 aromatic carbocycles. The van der Waals surface area contributed by atoms with Crippen LogP contribution in [0.2, 0.25) is 0 Å². The predicted molar refractivity (Wildman–Crippen MR) is 69.5 cm³/mol. The van der Waals surface area contributed by atoms with Crippen molar-refractivity contribution in [3.05, 3.63) is 60.2 Å². The minimum atomic E-state index is -1.03. The average Bonchev–Trinajstić information content (AvgIpc) is 2.40. The maximum Gasteiger partial charge on any atom is 0.153 e. The quantitative estimate of drug-likeness (QED) is 0.777. The number of para-hydroxylation sites is 1. The van der Waals surface area contributed by atoms with Gasteiger partial charge in [0.15, 0.2) is 4.90 Å². The predicted octanol–water partition coefficient (Wildman–Crippen LogP) is 3.00. The zero-order valence-electron chi connectivity index (χ0n) is 9.63. The van der Waals surface area contributed by atoms with Crippen molar-refractivity contribution in [2.24, 2.45) is 0 Å². The molecule has 0 aliphatic carbocycles. The molecule has 0 N–H and O–H groups in total. The van der Waals surface area contributed by atoms with Gasteiger partial charge in [-0.05, 0) is 29.4 Å². The molecule has 0 saturated heterocycles. The lowest BCUT2D eigenvalue weighted by Gasteiger charge is -2.12. The summed E-state index contributed by atoms with van der Waals surface area (Å²) in [5.74, 6) is 1.27. The zero-order valence-corrected chi connectivity index (χ0v) is 10.4. The van der Waals surface area contributed by atoms with Gasteiger partial charge < -0.3 is 9.29 Å². The Bertz CT molecular complexity index is 471. The first-order valence-corrected chi connectivity index (χ1v) is 6.68. The number of benzene rings is 2. The van der Waals surface area contributed by atoms with Crippen molar-refractivity contribution in [1.82, 2.24) is 0 Å². The van der Waals surface area contributed by atoms with Gasteiger partial charge in [-0.2, -0.15) is 0 Å². The second-order valence-corrected chi connectivity index (χ2v) is 5.07. The molecular formula is C14H14O2S. The van der Waals surface area contributed by atoms with E-state index in [1.807, 2.05) is 54.6 Å². The summed E-state index contributed by atoms with van der Waals surface area (Å²) in [7, 11) is 1.63. The van der Waals surface area contributed by atoms with E-state index in [1.165, 1.54) is 0 Å². The first-order chi connectivity index (χ1) is 8.31. The van der Waals surface area contributed by atoms with Gasteiger partial charge >= 0.3 is 0 Å². The Labute approximate surface area is 104 Å². The van der Waals surface area contributed by atoms with Gasteiger partial charge in [-0.25, -0.2) is 0 Å². The summed E-state index contributed by atoms with van der Waals surface area (Å²) in [6.07, 6.45) is 0. The molecule has 2 nitrogen and oxygen atoms in total. The van der Waals surface area contributed by atoms with Crippen molar-refractivity contribution in [1.29, 1.82) is 0 Å². The molecule has 0 heterocycles. The maximum absolute atomic E-state index is 12.1. The first kappa shape index (κ1) is 12.0. The molecule has 0 fully saturated rings. The highest BCUT2D eigenvalue weighted by molar-refractivity contribution is 7.90. The van der Waals surface area contributed by atoms with Crippen LogP contribution in [0.15, 0.2) is 59.5 Å². The third-order valence-electron chi connectivity index (χ3n) is 2.49. The van der Waals surface area contributed by atoms with E-state index in [4.69, 9.17) is 4.74 Å². The Hall–Kier alpha value is -1.45. The summed E-state index contributed by atoms with van der Waals surface area (Å²) in [4.78, 5) is 0.846. The van der Waals surface area contributed by atoms with Gasteiger partial charge in [-0.3, -0.25) is 0 Å². The Morgan fingerprint density at radius 2 is 1.65 bits per heavy atom. The second kappa shape index (κ2) is 5.75. The summed E-state index contributed by atoms with van der Waals surface area (Å²) in [6, 6.07) is 17.1. The zero-order chi connectivity index (χ0) is 12.1. The summed E-state index contributed by atoms with van der Waals surface area (Å²) < 4.78 is 17.4. The molecule has 3 heteroatoms. The smallest absolute Gasteiger partial charge is 0.153 e.